The quantitative estimate of drug-likeness (QED) is 0.582. The van der Waals surface area contributed by atoms with Gasteiger partial charge in [0.1, 0.15) is 5.75 Å². The number of aliphatic imine (C=N–C) groups is 1. The standard InChI is InChI=1S/C16H16Cl2N4O2/c1-2-24-12-5-3-4-11(6-12)20-10-16(23)22-21-7-13-14(17)8-19-9-15(13)18/h3-6,8-10,21H,2,7H2,1H3,(H,22,23). The fourth-order valence-corrected chi connectivity index (χ4v) is 2.31. The van der Waals surface area contributed by atoms with Gasteiger partial charge >= 0.3 is 0 Å². The minimum Gasteiger partial charge on any atom is -0.494 e. The van der Waals surface area contributed by atoms with Crippen molar-refractivity contribution >= 4 is 41.0 Å². The first-order valence-corrected chi connectivity index (χ1v) is 7.93. The molecule has 2 N–H and O–H groups in total. The topological polar surface area (TPSA) is 75.6 Å². The molecule has 1 aromatic heterocycles. The molecule has 8 heteroatoms. The van der Waals surface area contributed by atoms with Crippen LogP contribution in [0.5, 0.6) is 5.75 Å². The highest BCUT2D eigenvalue weighted by molar-refractivity contribution is 6.35. The highest BCUT2D eigenvalue weighted by Gasteiger charge is 2.06. The maximum atomic E-state index is 11.8. The number of pyridine rings is 1. The van der Waals surface area contributed by atoms with Gasteiger partial charge in [0, 0.05) is 30.6 Å². The van der Waals surface area contributed by atoms with Crippen LogP contribution in [-0.2, 0) is 11.3 Å². The van der Waals surface area contributed by atoms with Gasteiger partial charge in [0.15, 0.2) is 0 Å². The molecule has 0 fully saturated rings. The molecule has 0 aliphatic rings. The van der Waals surface area contributed by atoms with Crippen LogP contribution in [0.25, 0.3) is 0 Å². The van der Waals surface area contributed by atoms with Crippen LogP contribution in [0.2, 0.25) is 10.0 Å². The summed E-state index contributed by atoms with van der Waals surface area (Å²) in [6.45, 7) is 2.73. The molecule has 1 heterocycles. The molecule has 0 saturated heterocycles. The molecule has 0 atom stereocenters. The fourth-order valence-electron chi connectivity index (χ4n) is 1.81. The number of aromatic nitrogens is 1. The number of hydrazine groups is 1. The van der Waals surface area contributed by atoms with E-state index in [1.165, 1.54) is 18.6 Å². The Morgan fingerprint density at radius 3 is 2.79 bits per heavy atom. The average Bonchev–Trinajstić information content (AvgIpc) is 2.56. The third-order valence-electron chi connectivity index (χ3n) is 2.89. The minimum atomic E-state index is -0.405. The van der Waals surface area contributed by atoms with Crippen molar-refractivity contribution in [3.05, 3.63) is 52.3 Å². The summed E-state index contributed by atoms with van der Waals surface area (Å²) in [5.41, 5.74) is 6.50. The first kappa shape index (κ1) is 18.2. The van der Waals surface area contributed by atoms with Gasteiger partial charge in [0.25, 0.3) is 5.91 Å². The zero-order chi connectivity index (χ0) is 17.4. The molecule has 126 valence electrons. The number of carbonyl (C=O) groups excluding carboxylic acids is 1. The molecule has 0 aliphatic heterocycles. The number of halogens is 2. The van der Waals surface area contributed by atoms with Crippen LogP contribution in [0.4, 0.5) is 5.69 Å². The Hall–Kier alpha value is -2.15. The van der Waals surface area contributed by atoms with Crippen LogP contribution >= 0.6 is 23.2 Å². The molecule has 1 aromatic carbocycles. The van der Waals surface area contributed by atoms with Crippen molar-refractivity contribution in [3.8, 4) is 5.75 Å². The lowest BCUT2D eigenvalue weighted by atomic mass is 10.3. The normalized spacial score (nSPS) is 10.8. The summed E-state index contributed by atoms with van der Waals surface area (Å²) in [4.78, 5) is 19.7. The number of amides is 1. The van der Waals surface area contributed by atoms with Crippen LogP contribution < -0.4 is 15.6 Å². The van der Waals surface area contributed by atoms with Crippen LogP contribution in [0, 0.1) is 0 Å². The molecular weight excluding hydrogens is 351 g/mol. The average molecular weight is 367 g/mol. The lowest BCUT2D eigenvalue weighted by Crippen LogP contribution is -2.37. The van der Waals surface area contributed by atoms with E-state index in [1.807, 2.05) is 13.0 Å². The largest absolute Gasteiger partial charge is 0.494 e. The number of nitrogens with zero attached hydrogens (tertiary/aromatic N) is 2. The molecule has 0 radical (unpaired) electrons. The molecule has 0 aliphatic carbocycles. The van der Waals surface area contributed by atoms with Crippen molar-refractivity contribution in [3.63, 3.8) is 0 Å². The number of hydrogen-bond donors (Lipinski definition) is 2. The Morgan fingerprint density at radius 2 is 2.08 bits per heavy atom. The molecule has 0 saturated carbocycles. The summed E-state index contributed by atoms with van der Waals surface area (Å²) in [5.74, 6) is 0.297. The van der Waals surface area contributed by atoms with Gasteiger partial charge in [-0.2, -0.15) is 0 Å². The van der Waals surface area contributed by atoms with Crippen molar-refractivity contribution in [2.75, 3.05) is 6.61 Å². The van der Waals surface area contributed by atoms with E-state index in [0.717, 1.165) is 0 Å². The Balaban J connectivity index is 1.86. The van der Waals surface area contributed by atoms with E-state index in [1.54, 1.807) is 18.2 Å². The second-order valence-electron chi connectivity index (χ2n) is 4.61. The first-order chi connectivity index (χ1) is 11.6. The summed E-state index contributed by atoms with van der Waals surface area (Å²) in [6, 6.07) is 7.15. The smallest absolute Gasteiger partial charge is 0.276 e. The molecular formula is C16H16Cl2N4O2. The van der Waals surface area contributed by atoms with E-state index in [4.69, 9.17) is 27.9 Å². The summed E-state index contributed by atoms with van der Waals surface area (Å²) < 4.78 is 5.37. The SMILES string of the molecule is CCOc1cccc(N=CC(=O)NNCc2c(Cl)cncc2Cl)c1. The van der Waals surface area contributed by atoms with Gasteiger partial charge in [-0.05, 0) is 19.1 Å². The Bertz CT molecular complexity index is 718. The second-order valence-corrected chi connectivity index (χ2v) is 5.43. The second kappa shape index (κ2) is 9.22. The van der Waals surface area contributed by atoms with Gasteiger partial charge in [-0.3, -0.25) is 20.2 Å². The van der Waals surface area contributed by atoms with Crippen LogP contribution in [0.15, 0.2) is 41.7 Å². The summed E-state index contributed by atoms with van der Waals surface area (Å²) in [6.07, 6.45) is 4.14. The van der Waals surface area contributed by atoms with E-state index in [-0.39, 0.29) is 6.54 Å². The number of rotatable bonds is 7. The van der Waals surface area contributed by atoms with E-state index >= 15 is 0 Å². The van der Waals surface area contributed by atoms with E-state index in [2.05, 4.69) is 20.8 Å². The fraction of sp³-hybridized carbons (Fsp3) is 0.188. The van der Waals surface area contributed by atoms with Crippen molar-refractivity contribution in [1.29, 1.82) is 0 Å². The Labute approximate surface area is 149 Å². The van der Waals surface area contributed by atoms with Gasteiger partial charge in [0.2, 0.25) is 0 Å². The Morgan fingerprint density at radius 1 is 1.33 bits per heavy atom. The van der Waals surface area contributed by atoms with Crippen LogP contribution in [0.1, 0.15) is 12.5 Å². The predicted octanol–water partition coefficient (Wildman–Crippen LogP) is 3.31. The minimum absolute atomic E-state index is 0.263. The molecule has 2 rings (SSSR count). The molecule has 1 amide bonds. The number of benzene rings is 1. The van der Waals surface area contributed by atoms with Crippen molar-refractivity contribution in [2.24, 2.45) is 4.99 Å². The van der Waals surface area contributed by atoms with E-state index in [9.17, 15) is 4.79 Å². The zero-order valence-electron chi connectivity index (χ0n) is 12.9. The molecule has 6 nitrogen and oxygen atoms in total. The lowest BCUT2D eigenvalue weighted by Gasteiger charge is -2.08. The highest BCUT2D eigenvalue weighted by atomic mass is 35.5. The predicted molar refractivity (Wildman–Crippen MR) is 95.0 cm³/mol. The van der Waals surface area contributed by atoms with Crippen molar-refractivity contribution < 1.29 is 9.53 Å². The number of hydrogen-bond acceptors (Lipinski definition) is 5. The summed E-state index contributed by atoms with van der Waals surface area (Å²) >= 11 is 12.0. The Kier molecular flexibility index (Phi) is 6.99. The number of nitrogens with one attached hydrogen (secondary N) is 2. The van der Waals surface area contributed by atoms with Crippen molar-refractivity contribution in [1.82, 2.24) is 15.8 Å². The third kappa shape index (κ3) is 5.49. The first-order valence-electron chi connectivity index (χ1n) is 7.17. The van der Waals surface area contributed by atoms with E-state index in [0.29, 0.717) is 33.7 Å². The molecule has 2 aromatic rings. The summed E-state index contributed by atoms with van der Waals surface area (Å²) in [7, 11) is 0. The molecule has 0 spiro atoms. The van der Waals surface area contributed by atoms with Gasteiger partial charge < -0.3 is 4.74 Å². The maximum Gasteiger partial charge on any atom is 0.276 e. The third-order valence-corrected chi connectivity index (χ3v) is 3.54. The summed E-state index contributed by atoms with van der Waals surface area (Å²) in [5, 5.41) is 0.844. The van der Waals surface area contributed by atoms with Crippen LogP contribution in [-0.4, -0.2) is 23.7 Å². The highest BCUT2D eigenvalue weighted by Crippen LogP contribution is 2.22. The zero-order valence-corrected chi connectivity index (χ0v) is 14.4. The van der Waals surface area contributed by atoms with Gasteiger partial charge in [-0.25, -0.2) is 5.43 Å². The van der Waals surface area contributed by atoms with Gasteiger partial charge in [-0.15, -0.1) is 0 Å². The van der Waals surface area contributed by atoms with Crippen molar-refractivity contribution in [2.45, 2.75) is 13.5 Å². The lowest BCUT2D eigenvalue weighted by molar-refractivity contribution is -0.115. The van der Waals surface area contributed by atoms with Gasteiger partial charge in [-0.1, -0.05) is 29.3 Å². The maximum absolute atomic E-state index is 11.8. The van der Waals surface area contributed by atoms with E-state index < -0.39 is 5.91 Å². The molecule has 0 unspecified atom stereocenters. The monoisotopic (exact) mass is 366 g/mol. The number of ether oxygens (including phenoxy) is 1. The molecule has 0 bridgehead atoms. The van der Waals surface area contributed by atoms with Gasteiger partial charge in [0.05, 0.1) is 28.6 Å². The van der Waals surface area contributed by atoms with Crippen LogP contribution in [0.3, 0.4) is 0 Å². The number of carbonyl (C=O) groups is 1. The molecule has 24 heavy (non-hydrogen) atoms.